The second-order valence-electron chi connectivity index (χ2n) is 4.32. The molecule has 0 saturated heterocycles. The van der Waals surface area contributed by atoms with Crippen LogP contribution in [0.2, 0.25) is 5.02 Å². The Hall–Kier alpha value is -1.26. The fraction of sp³-hybridized carbons (Fsp3) is 0.429. The lowest BCUT2D eigenvalue weighted by atomic mass is 10.0. The summed E-state index contributed by atoms with van der Waals surface area (Å²) in [7, 11) is 1.34. The standard InChI is InChI=1S/C14H17Cl2NO3/c1-9(14(19)20-2)10-5-6-12(11(16)8-10)17-13(18)4-3-7-15/h5-6,8-9H,3-4,7H2,1-2H3,(H,17,18). The number of rotatable bonds is 6. The Labute approximate surface area is 128 Å². The van der Waals surface area contributed by atoms with Crippen LogP contribution >= 0.6 is 23.2 Å². The van der Waals surface area contributed by atoms with Gasteiger partial charge in [-0.05, 0) is 31.0 Å². The first-order valence-corrected chi connectivity index (χ1v) is 7.14. The number of hydrogen-bond donors (Lipinski definition) is 1. The van der Waals surface area contributed by atoms with Gasteiger partial charge in [0.1, 0.15) is 0 Å². The molecule has 110 valence electrons. The summed E-state index contributed by atoms with van der Waals surface area (Å²) in [6, 6.07) is 5.07. The van der Waals surface area contributed by atoms with Gasteiger partial charge in [0, 0.05) is 12.3 Å². The number of halogens is 2. The van der Waals surface area contributed by atoms with Crippen LogP contribution in [-0.4, -0.2) is 24.9 Å². The van der Waals surface area contributed by atoms with Crippen molar-refractivity contribution in [3.05, 3.63) is 28.8 Å². The monoisotopic (exact) mass is 317 g/mol. The number of carbonyl (C=O) groups is 2. The van der Waals surface area contributed by atoms with Crippen LogP contribution in [-0.2, 0) is 14.3 Å². The lowest BCUT2D eigenvalue weighted by Crippen LogP contribution is -2.13. The Morgan fingerprint density at radius 3 is 2.65 bits per heavy atom. The minimum atomic E-state index is -0.404. The van der Waals surface area contributed by atoms with Gasteiger partial charge >= 0.3 is 5.97 Å². The molecule has 1 atom stereocenters. The molecule has 0 aromatic heterocycles. The maximum absolute atomic E-state index is 11.6. The van der Waals surface area contributed by atoms with Gasteiger partial charge in [-0.25, -0.2) is 0 Å². The molecule has 0 aliphatic heterocycles. The molecule has 1 N–H and O–H groups in total. The van der Waals surface area contributed by atoms with Crippen molar-refractivity contribution in [1.82, 2.24) is 0 Å². The highest BCUT2D eigenvalue weighted by atomic mass is 35.5. The minimum Gasteiger partial charge on any atom is -0.469 e. The van der Waals surface area contributed by atoms with Crippen molar-refractivity contribution in [1.29, 1.82) is 0 Å². The summed E-state index contributed by atoms with van der Waals surface area (Å²) in [5.74, 6) is -0.434. The van der Waals surface area contributed by atoms with Gasteiger partial charge in [0.15, 0.2) is 0 Å². The number of carbonyl (C=O) groups excluding carboxylic acids is 2. The number of methoxy groups -OCH3 is 1. The van der Waals surface area contributed by atoms with E-state index in [0.717, 1.165) is 5.56 Å². The molecule has 0 heterocycles. The van der Waals surface area contributed by atoms with Crippen molar-refractivity contribution >= 4 is 40.8 Å². The largest absolute Gasteiger partial charge is 0.469 e. The summed E-state index contributed by atoms with van der Waals surface area (Å²) in [5.41, 5.74) is 1.26. The average molecular weight is 318 g/mol. The number of esters is 1. The van der Waals surface area contributed by atoms with E-state index < -0.39 is 5.92 Å². The molecule has 1 aromatic rings. The number of hydrogen-bond acceptors (Lipinski definition) is 3. The maximum atomic E-state index is 11.6. The van der Waals surface area contributed by atoms with E-state index in [1.807, 2.05) is 0 Å². The van der Waals surface area contributed by atoms with Crippen LogP contribution in [0.5, 0.6) is 0 Å². The zero-order chi connectivity index (χ0) is 15.1. The van der Waals surface area contributed by atoms with E-state index in [0.29, 0.717) is 29.4 Å². The van der Waals surface area contributed by atoms with Gasteiger partial charge in [-0.2, -0.15) is 0 Å². The van der Waals surface area contributed by atoms with Gasteiger partial charge in [0.25, 0.3) is 0 Å². The van der Waals surface area contributed by atoms with Gasteiger partial charge in [-0.3, -0.25) is 9.59 Å². The molecule has 6 heteroatoms. The fourth-order valence-electron chi connectivity index (χ4n) is 1.66. The first-order chi connectivity index (χ1) is 9.49. The summed E-state index contributed by atoms with van der Waals surface area (Å²) >= 11 is 11.6. The second-order valence-corrected chi connectivity index (χ2v) is 5.11. The Morgan fingerprint density at radius 2 is 2.10 bits per heavy atom. The highest BCUT2D eigenvalue weighted by molar-refractivity contribution is 6.33. The Balaban J connectivity index is 2.78. The third-order valence-corrected chi connectivity index (χ3v) is 3.44. The van der Waals surface area contributed by atoms with Crippen molar-refractivity contribution in [2.75, 3.05) is 18.3 Å². The normalized spacial score (nSPS) is 11.8. The highest BCUT2D eigenvalue weighted by Gasteiger charge is 2.17. The molecular weight excluding hydrogens is 301 g/mol. The van der Waals surface area contributed by atoms with E-state index >= 15 is 0 Å². The van der Waals surface area contributed by atoms with Gasteiger partial charge in [0.05, 0.1) is 23.7 Å². The Bertz CT molecular complexity index is 491. The van der Waals surface area contributed by atoms with Crippen molar-refractivity contribution in [2.45, 2.75) is 25.7 Å². The zero-order valence-electron chi connectivity index (χ0n) is 11.4. The Morgan fingerprint density at radius 1 is 1.40 bits per heavy atom. The van der Waals surface area contributed by atoms with Crippen molar-refractivity contribution in [3.63, 3.8) is 0 Å². The minimum absolute atomic E-state index is 0.138. The smallest absolute Gasteiger partial charge is 0.312 e. The van der Waals surface area contributed by atoms with Gasteiger partial charge < -0.3 is 10.1 Å². The van der Waals surface area contributed by atoms with Crippen LogP contribution in [0, 0.1) is 0 Å². The van der Waals surface area contributed by atoms with E-state index in [1.54, 1.807) is 25.1 Å². The van der Waals surface area contributed by atoms with Gasteiger partial charge in [-0.15, -0.1) is 11.6 Å². The topological polar surface area (TPSA) is 55.4 Å². The maximum Gasteiger partial charge on any atom is 0.312 e. The van der Waals surface area contributed by atoms with E-state index in [2.05, 4.69) is 10.1 Å². The first-order valence-electron chi connectivity index (χ1n) is 6.22. The summed E-state index contributed by atoms with van der Waals surface area (Å²) in [4.78, 5) is 23.1. The third kappa shape index (κ3) is 4.69. The van der Waals surface area contributed by atoms with Crippen LogP contribution in [0.1, 0.15) is 31.2 Å². The summed E-state index contributed by atoms with van der Waals surface area (Å²) in [6.45, 7) is 1.73. The molecule has 1 unspecified atom stereocenters. The first kappa shape index (κ1) is 16.8. The number of anilines is 1. The summed E-state index contributed by atoms with van der Waals surface area (Å²) < 4.78 is 4.68. The summed E-state index contributed by atoms with van der Waals surface area (Å²) in [6.07, 6.45) is 0.961. The highest BCUT2D eigenvalue weighted by Crippen LogP contribution is 2.27. The molecule has 0 saturated carbocycles. The van der Waals surface area contributed by atoms with Crippen LogP contribution in [0.3, 0.4) is 0 Å². The molecule has 0 aliphatic carbocycles. The predicted molar refractivity (Wildman–Crippen MR) is 80.5 cm³/mol. The number of nitrogens with one attached hydrogen (secondary N) is 1. The molecule has 0 bridgehead atoms. The number of ether oxygens (including phenoxy) is 1. The van der Waals surface area contributed by atoms with E-state index in [9.17, 15) is 9.59 Å². The predicted octanol–water partition coefficient (Wildman–Crippen LogP) is 3.57. The van der Waals surface area contributed by atoms with Gasteiger partial charge in [0.2, 0.25) is 5.91 Å². The average Bonchev–Trinajstić information content (AvgIpc) is 2.45. The molecule has 1 aromatic carbocycles. The molecule has 1 amide bonds. The third-order valence-electron chi connectivity index (χ3n) is 2.86. The van der Waals surface area contributed by atoms with Crippen LogP contribution in [0.15, 0.2) is 18.2 Å². The molecule has 0 spiro atoms. The van der Waals surface area contributed by atoms with E-state index in [1.165, 1.54) is 7.11 Å². The SMILES string of the molecule is COC(=O)C(C)c1ccc(NC(=O)CCCCl)c(Cl)c1. The number of amides is 1. The molecular formula is C14H17Cl2NO3. The van der Waals surface area contributed by atoms with Crippen molar-refractivity contribution in [2.24, 2.45) is 0 Å². The molecule has 0 radical (unpaired) electrons. The molecule has 1 rings (SSSR count). The van der Waals surface area contributed by atoms with Gasteiger partial charge in [-0.1, -0.05) is 17.7 Å². The van der Waals surface area contributed by atoms with Crippen molar-refractivity contribution in [3.8, 4) is 0 Å². The van der Waals surface area contributed by atoms with E-state index in [-0.39, 0.29) is 11.9 Å². The fourth-order valence-corrected chi connectivity index (χ4v) is 2.02. The lowest BCUT2D eigenvalue weighted by molar-refractivity contribution is -0.142. The quantitative estimate of drug-likeness (QED) is 0.644. The van der Waals surface area contributed by atoms with E-state index in [4.69, 9.17) is 23.2 Å². The molecule has 20 heavy (non-hydrogen) atoms. The van der Waals surface area contributed by atoms with Crippen molar-refractivity contribution < 1.29 is 14.3 Å². The number of alkyl halides is 1. The second kappa shape index (κ2) is 8.12. The molecule has 4 nitrogen and oxygen atoms in total. The lowest BCUT2D eigenvalue weighted by Gasteiger charge is -2.12. The molecule has 0 fully saturated rings. The van der Waals surface area contributed by atoms with Crippen LogP contribution < -0.4 is 5.32 Å². The molecule has 0 aliphatic rings. The summed E-state index contributed by atoms with van der Waals surface area (Å²) in [5, 5.41) is 3.10. The zero-order valence-corrected chi connectivity index (χ0v) is 12.9. The number of benzene rings is 1. The van der Waals surface area contributed by atoms with Crippen LogP contribution in [0.4, 0.5) is 5.69 Å². The Kier molecular flexibility index (Phi) is 6.82. The van der Waals surface area contributed by atoms with Crippen LogP contribution in [0.25, 0.3) is 0 Å².